The molecule has 1 atom stereocenters. The molecule has 0 radical (unpaired) electrons. The Labute approximate surface area is 99.1 Å². The van der Waals surface area contributed by atoms with E-state index in [1.807, 2.05) is 0 Å². The van der Waals surface area contributed by atoms with Crippen LogP contribution in [0.3, 0.4) is 0 Å². The van der Waals surface area contributed by atoms with Crippen LogP contribution in [0, 0.1) is 0 Å². The van der Waals surface area contributed by atoms with E-state index in [0.29, 0.717) is 0 Å². The summed E-state index contributed by atoms with van der Waals surface area (Å²) in [6, 6.07) is -1.15. The van der Waals surface area contributed by atoms with Crippen molar-refractivity contribution in [1.29, 1.82) is 0 Å². The van der Waals surface area contributed by atoms with E-state index in [9.17, 15) is 14.4 Å². The van der Waals surface area contributed by atoms with Crippen molar-refractivity contribution < 1.29 is 29.0 Å². The lowest BCUT2D eigenvalue weighted by Crippen LogP contribution is -2.41. The second kappa shape index (κ2) is 8.37. The Morgan fingerprint density at radius 2 is 1.76 bits per heavy atom. The van der Waals surface area contributed by atoms with Crippen LogP contribution in [0.25, 0.3) is 0 Å². The van der Waals surface area contributed by atoms with Crippen molar-refractivity contribution in [1.82, 2.24) is 5.32 Å². The summed E-state index contributed by atoms with van der Waals surface area (Å²) in [5.41, 5.74) is 0. The maximum atomic E-state index is 11.0. The lowest BCUT2D eigenvalue weighted by molar-refractivity contribution is -0.144. The summed E-state index contributed by atoms with van der Waals surface area (Å²) in [5, 5.41) is 11.0. The van der Waals surface area contributed by atoms with Crippen LogP contribution in [-0.4, -0.2) is 42.4 Å². The third-order valence-electron chi connectivity index (χ3n) is 1.81. The van der Waals surface area contributed by atoms with Crippen molar-refractivity contribution in [2.24, 2.45) is 0 Å². The molecule has 0 aliphatic rings. The van der Waals surface area contributed by atoms with E-state index >= 15 is 0 Å². The molecule has 0 saturated heterocycles. The Hall–Kier alpha value is -1.79. The minimum atomic E-state index is -1.22. The van der Waals surface area contributed by atoms with E-state index in [2.05, 4.69) is 14.8 Å². The summed E-state index contributed by atoms with van der Waals surface area (Å²) in [4.78, 5) is 32.8. The fourth-order valence-electron chi connectivity index (χ4n) is 1.07. The molecule has 0 aromatic heterocycles. The largest absolute Gasteiger partial charge is 0.480 e. The smallest absolute Gasteiger partial charge is 0.407 e. The summed E-state index contributed by atoms with van der Waals surface area (Å²) in [6.45, 7) is 3.65. The van der Waals surface area contributed by atoms with Gasteiger partial charge >= 0.3 is 18.0 Å². The fourth-order valence-corrected chi connectivity index (χ4v) is 1.07. The average Bonchev–Trinajstić information content (AvgIpc) is 2.24. The van der Waals surface area contributed by atoms with Crippen molar-refractivity contribution in [3.8, 4) is 0 Å². The van der Waals surface area contributed by atoms with Gasteiger partial charge in [-0.1, -0.05) is 0 Å². The van der Waals surface area contributed by atoms with Crippen LogP contribution in [0.1, 0.15) is 26.7 Å². The lowest BCUT2D eigenvalue weighted by Gasteiger charge is -2.13. The molecule has 0 aromatic rings. The number of carboxylic acid groups (broad SMARTS) is 1. The zero-order valence-corrected chi connectivity index (χ0v) is 9.89. The molecule has 17 heavy (non-hydrogen) atoms. The number of ether oxygens (including phenoxy) is 2. The summed E-state index contributed by atoms with van der Waals surface area (Å²) < 4.78 is 9.20. The molecule has 0 spiro atoms. The molecule has 0 saturated carbocycles. The zero-order valence-electron chi connectivity index (χ0n) is 9.89. The second-order valence-electron chi connectivity index (χ2n) is 3.10. The Balaban J connectivity index is 4.11. The first-order valence-electron chi connectivity index (χ1n) is 5.32. The number of hydrogen-bond donors (Lipinski definition) is 2. The van der Waals surface area contributed by atoms with Gasteiger partial charge in [0.25, 0.3) is 0 Å². The number of hydrogen-bond acceptors (Lipinski definition) is 5. The van der Waals surface area contributed by atoms with Crippen LogP contribution < -0.4 is 5.32 Å². The monoisotopic (exact) mass is 247 g/mol. The van der Waals surface area contributed by atoms with Gasteiger partial charge in [-0.2, -0.15) is 0 Å². The Bertz CT molecular complexity index is 278. The first-order chi connectivity index (χ1) is 8.01. The van der Waals surface area contributed by atoms with Gasteiger partial charge < -0.3 is 19.9 Å². The highest BCUT2D eigenvalue weighted by molar-refractivity contribution is 5.80. The van der Waals surface area contributed by atoms with Crippen molar-refractivity contribution in [3.63, 3.8) is 0 Å². The second-order valence-corrected chi connectivity index (χ2v) is 3.10. The summed E-state index contributed by atoms with van der Waals surface area (Å²) in [5.74, 6) is -1.72. The highest BCUT2D eigenvalue weighted by Crippen LogP contribution is 2.00. The number of esters is 1. The van der Waals surface area contributed by atoms with Crippen LogP contribution in [0.4, 0.5) is 4.79 Å². The molecule has 7 nitrogen and oxygen atoms in total. The maximum Gasteiger partial charge on any atom is 0.407 e. The number of carboxylic acids is 1. The third kappa shape index (κ3) is 7.15. The Kier molecular flexibility index (Phi) is 7.49. The normalized spacial score (nSPS) is 11.4. The molecule has 0 unspecified atom stereocenters. The Morgan fingerprint density at radius 3 is 2.24 bits per heavy atom. The zero-order chi connectivity index (χ0) is 13.3. The minimum Gasteiger partial charge on any atom is -0.480 e. The molecule has 0 fully saturated rings. The summed E-state index contributed by atoms with van der Waals surface area (Å²) >= 11 is 0. The van der Waals surface area contributed by atoms with Gasteiger partial charge in [0.15, 0.2) is 0 Å². The quantitative estimate of drug-likeness (QED) is 0.636. The number of alkyl carbamates (subject to hydrolysis) is 1. The van der Waals surface area contributed by atoms with Crippen molar-refractivity contribution in [2.75, 3.05) is 13.2 Å². The summed E-state index contributed by atoms with van der Waals surface area (Å²) in [6.07, 6.45) is -0.923. The van der Waals surface area contributed by atoms with E-state index in [-0.39, 0.29) is 26.1 Å². The molecule has 98 valence electrons. The average molecular weight is 247 g/mol. The summed E-state index contributed by atoms with van der Waals surface area (Å²) in [7, 11) is 0. The molecular formula is C10H17NO6. The lowest BCUT2D eigenvalue weighted by atomic mass is 10.1. The van der Waals surface area contributed by atoms with Crippen LogP contribution in [0.2, 0.25) is 0 Å². The van der Waals surface area contributed by atoms with Gasteiger partial charge in [0.2, 0.25) is 0 Å². The molecule has 0 heterocycles. The fraction of sp³-hybridized carbons (Fsp3) is 0.700. The number of carbonyl (C=O) groups excluding carboxylic acids is 2. The van der Waals surface area contributed by atoms with Crippen LogP contribution in [0.5, 0.6) is 0 Å². The first kappa shape index (κ1) is 15.2. The standard InChI is InChI=1S/C10H17NO6/c1-3-16-8(12)6-5-7(9(13)14)11-10(15)17-4-2/h7H,3-6H2,1-2H3,(H,11,15)(H,13,14)/t7-/m0/s1. The van der Waals surface area contributed by atoms with Gasteiger partial charge in [-0.05, 0) is 20.3 Å². The molecule has 0 aliphatic heterocycles. The Morgan fingerprint density at radius 1 is 1.18 bits per heavy atom. The van der Waals surface area contributed by atoms with Crippen molar-refractivity contribution in [3.05, 3.63) is 0 Å². The van der Waals surface area contributed by atoms with Crippen molar-refractivity contribution >= 4 is 18.0 Å². The van der Waals surface area contributed by atoms with Gasteiger partial charge in [-0.25, -0.2) is 9.59 Å². The van der Waals surface area contributed by atoms with E-state index in [1.54, 1.807) is 13.8 Å². The molecule has 0 aromatic carbocycles. The molecular weight excluding hydrogens is 230 g/mol. The first-order valence-corrected chi connectivity index (χ1v) is 5.32. The van der Waals surface area contributed by atoms with Gasteiger partial charge in [-0.3, -0.25) is 4.79 Å². The molecule has 2 N–H and O–H groups in total. The molecule has 0 rings (SSSR count). The SMILES string of the molecule is CCOC(=O)CC[C@H](NC(=O)OCC)C(=O)O. The van der Waals surface area contributed by atoms with E-state index in [4.69, 9.17) is 5.11 Å². The third-order valence-corrected chi connectivity index (χ3v) is 1.81. The topological polar surface area (TPSA) is 102 Å². The number of carbonyl (C=O) groups is 3. The van der Waals surface area contributed by atoms with Gasteiger partial charge in [0.1, 0.15) is 6.04 Å². The van der Waals surface area contributed by atoms with Crippen LogP contribution in [-0.2, 0) is 19.1 Å². The van der Waals surface area contributed by atoms with Gasteiger partial charge in [0, 0.05) is 6.42 Å². The molecule has 0 bridgehead atoms. The van der Waals surface area contributed by atoms with Gasteiger partial charge in [0.05, 0.1) is 13.2 Å². The van der Waals surface area contributed by atoms with Crippen LogP contribution >= 0.6 is 0 Å². The predicted octanol–water partition coefficient (Wildman–Crippen LogP) is 0.529. The number of nitrogens with one attached hydrogen (secondary N) is 1. The van der Waals surface area contributed by atoms with E-state index < -0.39 is 24.1 Å². The highest BCUT2D eigenvalue weighted by atomic mass is 16.5. The highest BCUT2D eigenvalue weighted by Gasteiger charge is 2.21. The molecule has 0 aliphatic carbocycles. The maximum absolute atomic E-state index is 11.0. The van der Waals surface area contributed by atoms with Gasteiger partial charge in [-0.15, -0.1) is 0 Å². The number of amides is 1. The van der Waals surface area contributed by atoms with Crippen LogP contribution in [0.15, 0.2) is 0 Å². The minimum absolute atomic E-state index is 0.0347. The van der Waals surface area contributed by atoms with E-state index in [0.717, 1.165) is 0 Å². The molecule has 7 heteroatoms. The van der Waals surface area contributed by atoms with Crippen molar-refractivity contribution in [2.45, 2.75) is 32.7 Å². The predicted molar refractivity (Wildman–Crippen MR) is 57.4 cm³/mol. The van der Waals surface area contributed by atoms with E-state index in [1.165, 1.54) is 0 Å². The number of rotatable bonds is 7. The molecule has 1 amide bonds. The number of aliphatic carboxylic acids is 1.